The first kappa shape index (κ1) is 10.2. The number of nitrogens with zero attached hydrogens (tertiary/aromatic N) is 4. The molecule has 5 heteroatoms. The molecule has 0 fully saturated rings. The first-order valence-corrected chi connectivity index (χ1v) is 5.60. The number of hydrogen-bond donors (Lipinski definition) is 0. The van der Waals surface area contributed by atoms with E-state index in [1.54, 1.807) is 29.0 Å². The van der Waals surface area contributed by atoms with Gasteiger partial charge in [-0.05, 0) is 6.07 Å². The molecule has 2 rings (SSSR count). The Bertz CT molecular complexity index is 425. The minimum absolute atomic E-state index is 0.554. The van der Waals surface area contributed by atoms with E-state index < -0.39 is 0 Å². The van der Waals surface area contributed by atoms with Crippen LogP contribution in [0.5, 0.6) is 0 Å². The summed E-state index contributed by atoms with van der Waals surface area (Å²) in [7, 11) is 0. The fourth-order valence-electron chi connectivity index (χ4n) is 1.21. The van der Waals surface area contributed by atoms with Crippen LogP contribution < -0.4 is 0 Å². The zero-order chi connectivity index (χ0) is 10.7. The fourth-order valence-corrected chi connectivity index (χ4v) is 2.07. The Balaban J connectivity index is 2.27. The summed E-state index contributed by atoms with van der Waals surface area (Å²) in [6.07, 6.45) is 6.83. The van der Waals surface area contributed by atoms with Crippen LogP contribution in [0, 0.1) is 0 Å². The Labute approximate surface area is 92.8 Å². The summed E-state index contributed by atoms with van der Waals surface area (Å²) in [5.74, 6) is 0. The van der Waals surface area contributed by atoms with Crippen molar-refractivity contribution in [1.82, 2.24) is 19.7 Å². The fraction of sp³-hybridized carbons (Fsp3) is 0.300. The predicted octanol–water partition coefficient (Wildman–Crippen LogP) is 2.16. The van der Waals surface area contributed by atoms with Gasteiger partial charge in [0.05, 0.1) is 11.9 Å². The van der Waals surface area contributed by atoms with Gasteiger partial charge in [0.25, 0.3) is 0 Å². The molecule has 0 saturated carbocycles. The molecule has 0 unspecified atom stereocenters. The van der Waals surface area contributed by atoms with Gasteiger partial charge in [-0.2, -0.15) is 5.10 Å². The van der Waals surface area contributed by atoms with Crippen molar-refractivity contribution in [3.63, 3.8) is 0 Å². The second kappa shape index (κ2) is 4.44. The number of hydrogen-bond acceptors (Lipinski definition) is 4. The summed E-state index contributed by atoms with van der Waals surface area (Å²) < 4.78 is 1.71. The molecule has 0 N–H and O–H groups in total. The summed E-state index contributed by atoms with van der Waals surface area (Å²) in [4.78, 5) is 9.24. The third kappa shape index (κ3) is 2.56. The van der Waals surface area contributed by atoms with E-state index in [0.29, 0.717) is 5.25 Å². The number of aromatic nitrogens is 4. The maximum absolute atomic E-state index is 4.18. The predicted molar refractivity (Wildman–Crippen MR) is 60.1 cm³/mol. The molecule has 2 aromatic heterocycles. The van der Waals surface area contributed by atoms with E-state index in [-0.39, 0.29) is 0 Å². The lowest BCUT2D eigenvalue weighted by Crippen LogP contribution is -1.96. The number of rotatable bonds is 3. The van der Waals surface area contributed by atoms with Gasteiger partial charge < -0.3 is 0 Å². The molecular formula is C10H12N4S. The van der Waals surface area contributed by atoms with E-state index in [1.165, 1.54) is 6.33 Å². The van der Waals surface area contributed by atoms with Crippen LogP contribution in [0.15, 0.2) is 36.0 Å². The molecule has 0 saturated heterocycles. The zero-order valence-corrected chi connectivity index (χ0v) is 9.48. The van der Waals surface area contributed by atoms with E-state index in [2.05, 4.69) is 35.0 Å². The molecule has 78 valence electrons. The normalized spacial score (nSPS) is 10.9. The van der Waals surface area contributed by atoms with Crippen LogP contribution in [-0.4, -0.2) is 25.0 Å². The molecule has 0 aromatic carbocycles. The van der Waals surface area contributed by atoms with Gasteiger partial charge >= 0.3 is 0 Å². The lowest BCUT2D eigenvalue weighted by molar-refractivity contribution is 0.867. The van der Waals surface area contributed by atoms with Gasteiger partial charge in [0.2, 0.25) is 0 Å². The number of pyridine rings is 1. The standard InChI is InChI=1S/C10H12N4S/c1-8(2)15-10-3-9(4-11-5-10)14-7-12-6-13-14/h3-8H,1-2H3. The first-order valence-electron chi connectivity index (χ1n) is 4.72. The van der Waals surface area contributed by atoms with Crippen molar-refractivity contribution >= 4 is 11.8 Å². The van der Waals surface area contributed by atoms with Crippen LogP contribution >= 0.6 is 11.8 Å². The van der Waals surface area contributed by atoms with Crippen LogP contribution in [0.4, 0.5) is 0 Å². The van der Waals surface area contributed by atoms with Gasteiger partial charge in [0, 0.05) is 16.3 Å². The quantitative estimate of drug-likeness (QED) is 0.743. The van der Waals surface area contributed by atoms with E-state index in [1.807, 2.05) is 6.20 Å². The Hall–Kier alpha value is -1.36. The highest BCUT2D eigenvalue weighted by Crippen LogP contribution is 2.23. The highest BCUT2D eigenvalue weighted by Gasteiger charge is 2.02. The van der Waals surface area contributed by atoms with Crippen LogP contribution in [-0.2, 0) is 0 Å². The molecule has 0 amide bonds. The Morgan fingerprint density at radius 1 is 1.27 bits per heavy atom. The second-order valence-corrected chi connectivity index (χ2v) is 5.04. The molecule has 0 aliphatic rings. The topological polar surface area (TPSA) is 43.6 Å². The van der Waals surface area contributed by atoms with Gasteiger partial charge in [0.15, 0.2) is 0 Å². The van der Waals surface area contributed by atoms with Gasteiger partial charge in [-0.15, -0.1) is 11.8 Å². The Kier molecular flexibility index (Phi) is 3.01. The molecule has 0 spiro atoms. The Morgan fingerprint density at radius 3 is 2.80 bits per heavy atom. The van der Waals surface area contributed by atoms with Crippen molar-refractivity contribution in [3.05, 3.63) is 31.1 Å². The molecule has 2 aromatic rings. The second-order valence-electron chi connectivity index (χ2n) is 3.39. The lowest BCUT2D eigenvalue weighted by atomic mass is 10.4. The summed E-state index contributed by atoms with van der Waals surface area (Å²) in [5.41, 5.74) is 0.943. The van der Waals surface area contributed by atoms with Gasteiger partial charge in [-0.25, -0.2) is 9.67 Å². The molecule has 0 atom stereocenters. The first-order chi connectivity index (χ1) is 7.25. The van der Waals surface area contributed by atoms with Crippen LogP contribution in [0.1, 0.15) is 13.8 Å². The molecule has 0 radical (unpaired) electrons. The van der Waals surface area contributed by atoms with Gasteiger partial charge in [-0.3, -0.25) is 4.98 Å². The SMILES string of the molecule is CC(C)Sc1cncc(-n2cncn2)c1. The van der Waals surface area contributed by atoms with Crippen molar-refractivity contribution < 1.29 is 0 Å². The van der Waals surface area contributed by atoms with Crippen LogP contribution in [0.3, 0.4) is 0 Å². The molecule has 4 nitrogen and oxygen atoms in total. The van der Waals surface area contributed by atoms with E-state index in [0.717, 1.165) is 10.6 Å². The van der Waals surface area contributed by atoms with E-state index in [9.17, 15) is 0 Å². The lowest BCUT2D eigenvalue weighted by Gasteiger charge is -2.05. The molecule has 0 aliphatic heterocycles. The smallest absolute Gasteiger partial charge is 0.138 e. The average Bonchev–Trinajstić information content (AvgIpc) is 2.69. The van der Waals surface area contributed by atoms with Crippen LogP contribution in [0.2, 0.25) is 0 Å². The molecule has 0 aliphatic carbocycles. The molecule has 0 bridgehead atoms. The minimum atomic E-state index is 0.554. The van der Waals surface area contributed by atoms with Crippen molar-refractivity contribution in [2.75, 3.05) is 0 Å². The minimum Gasteiger partial charge on any atom is -0.261 e. The monoisotopic (exact) mass is 220 g/mol. The third-order valence-electron chi connectivity index (χ3n) is 1.75. The third-order valence-corrected chi connectivity index (χ3v) is 2.72. The maximum Gasteiger partial charge on any atom is 0.138 e. The molecule has 15 heavy (non-hydrogen) atoms. The Morgan fingerprint density at radius 2 is 2.13 bits per heavy atom. The summed E-state index contributed by atoms with van der Waals surface area (Å²) in [5, 5.41) is 4.62. The largest absolute Gasteiger partial charge is 0.261 e. The highest BCUT2D eigenvalue weighted by molar-refractivity contribution is 7.99. The van der Waals surface area contributed by atoms with Crippen LogP contribution in [0.25, 0.3) is 5.69 Å². The van der Waals surface area contributed by atoms with E-state index in [4.69, 9.17) is 0 Å². The van der Waals surface area contributed by atoms with Crippen molar-refractivity contribution in [2.45, 2.75) is 24.0 Å². The summed E-state index contributed by atoms with van der Waals surface area (Å²) in [6.45, 7) is 4.32. The molecular weight excluding hydrogens is 208 g/mol. The number of thioether (sulfide) groups is 1. The van der Waals surface area contributed by atoms with Gasteiger partial charge in [0.1, 0.15) is 12.7 Å². The highest BCUT2D eigenvalue weighted by atomic mass is 32.2. The average molecular weight is 220 g/mol. The summed E-state index contributed by atoms with van der Waals surface area (Å²) >= 11 is 1.79. The summed E-state index contributed by atoms with van der Waals surface area (Å²) in [6, 6.07) is 2.06. The molecule has 2 heterocycles. The maximum atomic E-state index is 4.18. The van der Waals surface area contributed by atoms with Crippen molar-refractivity contribution in [1.29, 1.82) is 0 Å². The van der Waals surface area contributed by atoms with E-state index >= 15 is 0 Å². The van der Waals surface area contributed by atoms with Crippen molar-refractivity contribution in [3.8, 4) is 5.69 Å². The van der Waals surface area contributed by atoms with Crippen molar-refractivity contribution in [2.24, 2.45) is 0 Å². The van der Waals surface area contributed by atoms with Gasteiger partial charge in [-0.1, -0.05) is 13.8 Å². The zero-order valence-electron chi connectivity index (χ0n) is 8.66.